The van der Waals surface area contributed by atoms with E-state index in [1.165, 1.54) is 0 Å². The van der Waals surface area contributed by atoms with Crippen molar-refractivity contribution in [1.82, 2.24) is 15.5 Å². The standard InChI is InChI=1S/C16H14ClF3N4O7/c1-23(10-7(17)4-6(5-21-10)16(18,19)20)24-11(25)8-9(12(24)26)31-22-15(8,13(27)29-2)14(28)30-3/h4-5,8-9,22H,1-3H3/t8-,9+/m1/s1. The zero-order chi connectivity index (χ0) is 23.3. The van der Waals surface area contributed by atoms with Crippen LogP contribution in [0.2, 0.25) is 5.02 Å². The first-order valence-electron chi connectivity index (χ1n) is 8.35. The third-order valence-electron chi connectivity index (χ3n) is 4.81. The number of carbonyl (C=O) groups excluding carboxylic acids is 4. The predicted octanol–water partition coefficient (Wildman–Crippen LogP) is 0.0782. The second kappa shape index (κ2) is 7.62. The Kier molecular flexibility index (Phi) is 5.58. The van der Waals surface area contributed by atoms with Gasteiger partial charge in [-0.2, -0.15) is 23.7 Å². The van der Waals surface area contributed by atoms with Gasteiger partial charge in [-0.15, -0.1) is 0 Å². The van der Waals surface area contributed by atoms with Crippen molar-refractivity contribution < 1.29 is 46.7 Å². The number of rotatable bonds is 4. The lowest BCUT2D eigenvalue weighted by atomic mass is 9.83. The van der Waals surface area contributed by atoms with Crippen molar-refractivity contribution in [2.24, 2.45) is 5.92 Å². The van der Waals surface area contributed by atoms with Crippen molar-refractivity contribution in [1.29, 1.82) is 0 Å². The Bertz CT molecular complexity index is 957. The smallest absolute Gasteiger partial charge is 0.417 e. The number of hydrazine groups is 1. The molecular weight excluding hydrogens is 453 g/mol. The highest BCUT2D eigenvalue weighted by Crippen LogP contribution is 2.41. The zero-order valence-corrected chi connectivity index (χ0v) is 16.8. The number of imide groups is 1. The molecule has 0 bridgehead atoms. The molecule has 2 aliphatic heterocycles. The maximum atomic E-state index is 13.1. The Morgan fingerprint density at radius 3 is 2.32 bits per heavy atom. The van der Waals surface area contributed by atoms with Crippen molar-refractivity contribution in [2.45, 2.75) is 17.8 Å². The van der Waals surface area contributed by atoms with Crippen LogP contribution in [-0.2, 0) is 39.7 Å². The lowest BCUT2D eigenvalue weighted by molar-refractivity contribution is -0.171. The summed E-state index contributed by atoms with van der Waals surface area (Å²) in [5.74, 6) is -6.72. The Balaban J connectivity index is 2.01. The summed E-state index contributed by atoms with van der Waals surface area (Å²) < 4.78 is 47.7. The van der Waals surface area contributed by atoms with Crippen LogP contribution in [-0.4, -0.2) is 66.7 Å². The number of halogens is 4. The summed E-state index contributed by atoms with van der Waals surface area (Å²) in [4.78, 5) is 59.2. The largest absolute Gasteiger partial charge is 0.467 e. The molecule has 0 radical (unpaired) electrons. The van der Waals surface area contributed by atoms with Crippen LogP contribution >= 0.6 is 11.6 Å². The molecular formula is C16H14ClF3N4O7. The molecule has 1 aromatic heterocycles. The number of anilines is 1. The van der Waals surface area contributed by atoms with E-state index in [0.29, 0.717) is 17.3 Å². The van der Waals surface area contributed by atoms with Crippen molar-refractivity contribution in [3.8, 4) is 0 Å². The number of nitrogens with one attached hydrogen (secondary N) is 1. The molecule has 168 valence electrons. The molecule has 15 heteroatoms. The van der Waals surface area contributed by atoms with Crippen molar-refractivity contribution >= 4 is 41.2 Å². The van der Waals surface area contributed by atoms with Gasteiger partial charge in [0.05, 0.1) is 24.8 Å². The van der Waals surface area contributed by atoms with Crippen LogP contribution in [0.25, 0.3) is 0 Å². The Morgan fingerprint density at radius 2 is 1.84 bits per heavy atom. The van der Waals surface area contributed by atoms with Crippen LogP contribution in [0.1, 0.15) is 5.56 Å². The van der Waals surface area contributed by atoms with E-state index >= 15 is 0 Å². The molecule has 2 atom stereocenters. The third kappa shape index (κ3) is 3.26. The van der Waals surface area contributed by atoms with Gasteiger partial charge in [-0.25, -0.2) is 14.6 Å². The highest BCUT2D eigenvalue weighted by Gasteiger charge is 2.72. The van der Waals surface area contributed by atoms with Gasteiger partial charge in [-0.05, 0) is 6.07 Å². The summed E-state index contributed by atoms with van der Waals surface area (Å²) in [7, 11) is 3.02. The molecule has 31 heavy (non-hydrogen) atoms. The molecule has 0 saturated carbocycles. The molecule has 3 rings (SSSR count). The van der Waals surface area contributed by atoms with E-state index in [9.17, 15) is 32.3 Å². The van der Waals surface area contributed by atoms with Crippen LogP contribution in [0.4, 0.5) is 19.0 Å². The van der Waals surface area contributed by atoms with Gasteiger partial charge < -0.3 is 9.47 Å². The van der Waals surface area contributed by atoms with Gasteiger partial charge in [0.1, 0.15) is 5.92 Å². The lowest BCUT2D eigenvalue weighted by Gasteiger charge is -2.31. The Labute approximate surface area is 176 Å². The summed E-state index contributed by atoms with van der Waals surface area (Å²) in [6.07, 6.45) is -5.89. The minimum atomic E-state index is -4.72. The number of pyridine rings is 1. The van der Waals surface area contributed by atoms with Gasteiger partial charge in [0, 0.05) is 13.2 Å². The number of hydrogen-bond acceptors (Lipinski definition) is 10. The first kappa shape index (κ1) is 22.7. The quantitative estimate of drug-likeness (QED) is 0.370. The molecule has 2 saturated heterocycles. The van der Waals surface area contributed by atoms with E-state index in [1.54, 1.807) is 0 Å². The van der Waals surface area contributed by atoms with Gasteiger partial charge in [-0.1, -0.05) is 11.6 Å². The van der Waals surface area contributed by atoms with E-state index in [0.717, 1.165) is 26.3 Å². The maximum absolute atomic E-state index is 13.1. The first-order chi connectivity index (χ1) is 14.4. The predicted molar refractivity (Wildman–Crippen MR) is 92.8 cm³/mol. The van der Waals surface area contributed by atoms with Crippen LogP contribution in [0.3, 0.4) is 0 Å². The summed E-state index contributed by atoms with van der Waals surface area (Å²) >= 11 is 5.88. The number of hydrogen-bond donors (Lipinski definition) is 1. The molecule has 0 spiro atoms. The zero-order valence-electron chi connectivity index (χ0n) is 16.0. The monoisotopic (exact) mass is 466 g/mol. The Hall–Kier alpha value is -2.97. The fraction of sp³-hybridized carbons (Fsp3) is 0.438. The number of nitrogens with zero attached hydrogens (tertiary/aromatic N) is 3. The molecule has 11 nitrogen and oxygen atoms in total. The van der Waals surface area contributed by atoms with Crippen LogP contribution in [0, 0.1) is 5.92 Å². The summed E-state index contributed by atoms with van der Waals surface area (Å²) in [5.41, 5.74) is -1.56. The van der Waals surface area contributed by atoms with E-state index in [2.05, 4.69) is 19.9 Å². The third-order valence-corrected chi connectivity index (χ3v) is 5.09. The Morgan fingerprint density at radius 1 is 1.26 bits per heavy atom. The molecule has 3 heterocycles. The molecule has 0 aliphatic carbocycles. The number of methoxy groups -OCH3 is 2. The van der Waals surface area contributed by atoms with E-state index < -0.39 is 58.1 Å². The normalized spacial score (nSPS) is 22.4. The minimum absolute atomic E-state index is 0.369. The van der Waals surface area contributed by atoms with Crippen LogP contribution < -0.4 is 10.5 Å². The fourth-order valence-corrected chi connectivity index (χ4v) is 3.63. The number of esters is 2. The molecule has 0 unspecified atom stereocenters. The molecule has 1 N–H and O–H groups in total. The highest BCUT2D eigenvalue weighted by atomic mass is 35.5. The van der Waals surface area contributed by atoms with Gasteiger partial charge in [-0.3, -0.25) is 19.4 Å². The minimum Gasteiger partial charge on any atom is -0.467 e. The highest BCUT2D eigenvalue weighted by molar-refractivity contribution is 6.33. The number of aromatic nitrogens is 1. The second-order valence-corrected chi connectivity index (χ2v) is 6.86. The maximum Gasteiger partial charge on any atom is 0.417 e. The number of fused-ring (bicyclic) bond motifs is 1. The molecule has 1 aromatic rings. The van der Waals surface area contributed by atoms with Crippen molar-refractivity contribution in [2.75, 3.05) is 26.3 Å². The van der Waals surface area contributed by atoms with Gasteiger partial charge >= 0.3 is 18.1 Å². The molecule has 0 aromatic carbocycles. The summed E-state index contributed by atoms with van der Waals surface area (Å²) in [6.45, 7) is 0. The fourth-order valence-electron chi connectivity index (χ4n) is 3.34. The average molecular weight is 467 g/mol. The number of amides is 2. The number of ether oxygens (including phenoxy) is 2. The average Bonchev–Trinajstić information content (AvgIpc) is 3.23. The van der Waals surface area contributed by atoms with E-state index in [4.69, 9.17) is 16.4 Å². The van der Waals surface area contributed by atoms with Crippen LogP contribution in [0.15, 0.2) is 12.3 Å². The van der Waals surface area contributed by atoms with E-state index in [-0.39, 0.29) is 5.82 Å². The number of alkyl halides is 3. The lowest BCUT2D eigenvalue weighted by Crippen LogP contribution is -2.62. The van der Waals surface area contributed by atoms with Gasteiger partial charge in [0.25, 0.3) is 17.4 Å². The topological polar surface area (TPSA) is 127 Å². The second-order valence-electron chi connectivity index (χ2n) is 6.45. The summed E-state index contributed by atoms with van der Waals surface area (Å²) in [5, 5.41) is 0.730. The SMILES string of the molecule is COC(=O)C1(C(=O)OC)NO[C@@H]2C(=O)N(N(C)c3ncc(C(F)(F)F)cc3Cl)C(=O)[C@@H]21. The van der Waals surface area contributed by atoms with Crippen molar-refractivity contribution in [3.05, 3.63) is 22.8 Å². The molecule has 2 amide bonds. The van der Waals surface area contributed by atoms with E-state index in [1.807, 2.05) is 0 Å². The first-order valence-corrected chi connectivity index (χ1v) is 8.73. The van der Waals surface area contributed by atoms with Crippen molar-refractivity contribution in [3.63, 3.8) is 0 Å². The molecule has 2 fully saturated rings. The van der Waals surface area contributed by atoms with Gasteiger partial charge in [0.2, 0.25) is 0 Å². The van der Waals surface area contributed by atoms with Gasteiger partial charge in [0.15, 0.2) is 11.9 Å². The number of carbonyl (C=O) groups is 4. The van der Waals surface area contributed by atoms with Crippen LogP contribution in [0.5, 0.6) is 0 Å². The molecule has 2 aliphatic rings. The number of hydroxylamine groups is 1. The summed E-state index contributed by atoms with van der Waals surface area (Å²) in [6, 6.07) is 0.567.